The molecule has 0 radical (unpaired) electrons. The van der Waals surface area contributed by atoms with E-state index in [9.17, 15) is 0 Å². The standard InChI is InChI=1S/C19H30O2.H3N.Na.H/c1-18(2,3)14-21-13-16(19(4,5)6)17(20-7)15-11-9-8-10-12-15;;;/h8-12H,13-14H2,1-7H3;1H3;;/q;;+1;-1. The van der Waals surface area contributed by atoms with Crippen LogP contribution < -0.4 is 35.7 Å². The zero-order valence-corrected chi connectivity index (χ0v) is 18.3. The largest absolute Gasteiger partial charge is 1.00 e. The van der Waals surface area contributed by atoms with Gasteiger partial charge in [0, 0.05) is 11.1 Å². The molecule has 0 saturated heterocycles. The maximum Gasteiger partial charge on any atom is 1.00 e. The Morgan fingerprint density at radius 2 is 1.52 bits per heavy atom. The Hall–Kier alpha value is -0.320. The van der Waals surface area contributed by atoms with Crippen LogP contribution in [0.15, 0.2) is 35.9 Å². The van der Waals surface area contributed by atoms with Crippen molar-refractivity contribution in [2.24, 2.45) is 10.8 Å². The van der Waals surface area contributed by atoms with Gasteiger partial charge in [0.1, 0.15) is 5.76 Å². The van der Waals surface area contributed by atoms with E-state index >= 15 is 0 Å². The molecule has 3 nitrogen and oxygen atoms in total. The Labute approximate surface area is 166 Å². The molecular weight excluding hydrogens is 297 g/mol. The molecule has 0 aliphatic heterocycles. The predicted octanol–water partition coefficient (Wildman–Crippen LogP) is 2.43. The van der Waals surface area contributed by atoms with Crippen LogP contribution in [0, 0.1) is 10.8 Å². The van der Waals surface area contributed by atoms with Gasteiger partial charge in [-0.3, -0.25) is 0 Å². The molecule has 0 spiro atoms. The molecule has 0 aromatic heterocycles. The first kappa shape index (κ1) is 24.9. The second-order valence-corrected chi connectivity index (χ2v) is 7.68. The van der Waals surface area contributed by atoms with E-state index in [0.717, 1.165) is 17.9 Å². The Balaban J connectivity index is -0.00000147. The first-order valence-corrected chi connectivity index (χ1v) is 7.56. The van der Waals surface area contributed by atoms with E-state index in [1.807, 2.05) is 18.2 Å². The van der Waals surface area contributed by atoms with Gasteiger partial charge in [0.25, 0.3) is 0 Å². The van der Waals surface area contributed by atoms with Crippen LogP contribution in [0.4, 0.5) is 0 Å². The summed E-state index contributed by atoms with van der Waals surface area (Å²) in [6.07, 6.45) is 0. The minimum absolute atomic E-state index is 0. The zero-order valence-electron chi connectivity index (χ0n) is 17.3. The van der Waals surface area contributed by atoms with E-state index in [1.165, 1.54) is 5.57 Å². The van der Waals surface area contributed by atoms with Gasteiger partial charge in [-0.25, -0.2) is 0 Å². The molecule has 0 heterocycles. The summed E-state index contributed by atoms with van der Waals surface area (Å²) in [7, 11) is 1.73. The van der Waals surface area contributed by atoms with Gasteiger partial charge in [0.2, 0.25) is 0 Å². The molecule has 0 unspecified atom stereocenters. The Morgan fingerprint density at radius 1 is 1.00 bits per heavy atom. The molecule has 0 saturated carbocycles. The van der Waals surface area contributed by atoms with Crippen molar-refractivity contribution in [2.75, 3.05) is 20.3 Å². The summed E-state index contributed by atoms with van der Waals surface area (Å²) in [6.45, 7) is 14.5. The Bertz CT molecular complexity index is 476. The predicted molar refractivity (Wildman–Crippen MR) is 96.2 cm³/mol. The van der Waals surface area contributed by atoms with Crippen molar-refractivity contribution < 1.29 is 40.5 Å². The van der Waals surface area contributed by atoms with Crippen molar-refractivity contribution in [1.82, 2.24) is 6.15 Å². The minimum Gasteiger partial charge on any atom is -1.00 e. The molecule has 3 N–H and O–H groups in total. The van der Waals surface area contributed by atoms with Gasteiger partial charge in [0.05, 0.1) is 20.3 Å². The summed E-state index contributed by atoms with van der Waals surface area (Å²) in [5, 5.41) is 0. The van der Waals surface area contributed by atoms with E-state index in [4.69, 9.17) is 9.47 Å². The van der Waals surface area contributed by atoms with Gasteiger partial charge in [0.15, 0.2) is 0 Å². The first-order chi connectivity index (χ1) is 9.65. The summed E-state index contributed by atoms with van der Waals surface area (Å²) < 4.78 is 11.7. The van der Waals surface area contributed by atoms with Gasteiger partial charge < -0.3 is 17.1 Å². The smallest absolute Gasteiger partial charge is 1.00 e. The van der Waals surface area contributed by atoms with E-state index in [-0.39, 0.29) is 48.0 Å². The fourth-order valence-electron chi connectivity index (χ4n) is 2.09. The van der Waals surface area contributed by atoms with Crippen molar-refractivity contribution >= 4 is 5.76 Å². The summed E-state index contributed by atoms with van der Waals surface area (Å²) >= 11 is 0. The van der Waals surface area contributed by atoms with Crippen LogP contribution in [0.25, 0.3) is 5.76 Å². The SMILES string of the molecule is COC(=C(COCC(C)(C)C)C(C)(C)C)c1ccccc1.N.[H-].[Na+]. The summed E-state index contributed by atoms with van der Waals surface area (Å²) in [4.78, 5) is 0. The monoisotopic (exact) mass is 331 g/mol. The number of benzene rings is 1. The van der Waals surface area contributed by atoms with Crippen molar-refractivity contribution in [3.8, 4) is 0 Å². The van der Waals surface area contributed by atoms with E-state index in [0.29, 0.717) is 6.61 Å². The second kappa shape index (κ2) is 10.5. The fourth-order valence-corrected chi connectivity index (χ4v) is 2.09. The van der Waals surface area contributed by atoms with Crippen LogP contribution >= 0.6 is 0 Å². The molecule has 23 heavy (non-hydrogen) atoms. The minimum atomic E-state index is -0.000924. The number of methoxy groups -OCH3 is 1. The normalized spacial score (nSPS) is 12.7. The molecule has 0 bridgehead atoms. The average molecular weight is 331 g/mol. The third-order valence-corrected chi connectivity index (χ3v) is 3.20. The van der Waals surface area contributed by atoms with Crippen molar-refractivity contribution in [3.63, 3.8) is 0 Å². The second-order valence-electron chi connectivity index (χ2n) is 7.68. The molecule has 128 valence electrons. The van der Waals surface area contributed by atoms with Crippen molar-refractivity contribution in [1.29, 1.82) is 0 Å². The van der Waals surface area contributed by atoms with Gasteiger partial charge in [-0.15, -0.1) is 0 Å². The molecule has 0 amide bonds. The number of ether oxygens (including phenoxy) is 2. The van der Waals surface area contributed by atoms with Crippen LogP contribution in [-0.4, -0.2) is 20.3 Å². The summed E-state index contributed by atoms with van der Waals surface area (Å²) in [5.41, 5.74) is 2.46. The van der Waals surface area contributed by atoms with Crippen LogP contribution in [-0.2, 0) is 9.47 Å². The first-order valence-electron chi connectivity index (χ1n) is 7.56. The fraction of sp³-hybridized carbons (Fsp3) is 0.579. The van der Waals surface area contributed by atoms with Crippen LogP contribution in [0.2, 0.25) is 0 Å². The number of rotatable bonds is 5. The Kier molecular flexibility index (Phi) is 11.4. The number of hydrogen-bond acceptors (Lipinski definition) is 3. The number of hydrogen-bond donors (Lipinski definition) is 1. The van der Waals surface area contributed by atoms with E-state index in [1.54, 1.807) is 7.11 Å². The van der Waals surface area contributed by atoms with Gasteiger partial charge in [-0.05, 0) is 10.8 Å². The molecular formula is C19H34NNaO2. The Morgan fingerprint density at radius 3 is 1.91 bits per heavy atom. The van der Waals surface area contributed by atoms with Gasteiger partial charge in [-0.2, -0.15) is 0 Å². The third kappa shape index (κ3) is 8.92. The molecule has 4 heteroatoms. The molecule has 1 aromatic carbocycles. The van der Waals surface area contributed by atoms with E-state index < -0.39 is 0 Å². The van der Waals surface area contributed by atoms with Crippen LogP contribution in [0.1, 0.15) is 48.5 Å². The summed E-state index contributed by atoms with van der Waals surface area (Å²) in [5.74, 6) is 0.928. The molecule has 0 atom stereocenters. The molecule has 0 aliphatic rings. The maximum absolute atomic E-state index is 5.95. The zero-order chi connectivity index (χ0) is 16.1. The van der Waals surface area contributed by atoms with Crippen molar-refractivity contribution in [2.45, 2.75) is 41.5 Å². The maximum atomic E-state index is 5.95. The van der Waals surface area contributed by atoms with Gasteiger partial charge in [-0.1, -0.05) is 71.9 Å². The van der Waals surface area contributed by atoms with Crippen LogP contribution in [0.5, 0.6) is 0 Å². The van der Waals surface area contributed by atoms with Crippen molar-refractivity contribution in [3.05, 3.63) is 41.5 Å². The van der Waals surface area contributed by atoms with E-state index in [2.05, 4.69) is 53.7 Å². The molecule has 1 rings (SSSR count). The quantitative estimate of drug-likeness (QED) is 0.666. The summed E-state index contributed by atoms with van der Waals surface area (Å²) in [6, 6.07) is 10.2. The van der Waals surface area contributed by atoms with Crippen LogP contribution in [0.3, 0.4) is 0 Å². The average Bonchev–Trinajstić information content (AvgIpc) is 2.36. The molecule has 1 aromatic rings. The van der Waals surface area contributed by atoms with Gasteiger partial charge >= 0.3 is 29.6 Å². The molecule has 0 fully saturated rings. The topological polar surface area (TPSA) is 53.5 Å². The molecule has 0 aliphatic carbocycles. The third-order valence-electron chi connectivity index (χ3n) is 3.20.